The first-order valence-electron chi connectivity index (χ1n) is 13.9. The Balaban J connectivity index is 0.000000182. The maximum Gasteiger partial charge on any atom is 0.0550 e. The van der Waals surface area contributed by atoms with Crippen LogP contribution < -0.4 is 9.80 Å². The Kier molecular flexibility index (Phi) is 10.5. The third-order valence-electron chi connectivity index (χ3n) is 7.40. The summed E-state index contributed by atoms with van der Waals surface area (Å²) in [6, 6.07) is 24.3. The van der Waals surface area contributed by atoms with Crippen molar-refractivity contribution in [3.05, 3.63) is 119 Å². The molecule has 41 heavy (non-hydrogen) atoms. The molecule has 0 atom stereocenters. The quantitative estimate of drug-likeness (QED) is 0.138. The van der Waals surface area contributed by atoms with Crippen LogP contribution in [0.5, 0.6) is 0 Å². The summed E-state index contributed by atoms with van der Waals surface area (Å²) in [5.74, 6) is -0.101. The summed E-state index contributed by atoms with van der Waals surface area (Å²) in [5.41, 5.74) is 10.8. The zero-order valence-electron chi connectivity index (χ0n) is 25.0. The Labute approximate surface area is 256 Å². The minimum Gasteiger partial charge on any atom is -0.502 e. The number of nitrogens with zero attached hydrogens (tertiary/aromatic N) is 2. The fourth-order valence-corrected chi connectivity index (χ4v) is 6.05. The third kappa shape index (κ3) is 6.93. The van der Waals surface area contributed by atoms with Gasteiger partial charge < -0.3 is 9.80 Å². The Morgan fingerprint density at radius 1 is 0.707 bits per heavy atom. The van der Waals surface area contributed by atoms with E-state index in [-0.39, 0.29) is 21.5 Å². The second kappa shape index (κ2) is 13.8. The van der Waals surface area contributed by atoms with Crippen LogP contribution in [0.15, 0.2) is 72.8 Å². The zero-order valence-corrected chi connectivity index (χ0v) is 27.5. The van der Waals surface area contributed by atoms with Crippen molar-refractivity contribution in [3.8, 4) is 0 Å². The van der Waals surface area contributed by atoms with E-state index in [4.69, 9.17) is 9.69 Å². The summed E-state index contributed by atoms with van der Waals surface area (Å²) in [4.78, 5) is 4.81. The Morgan fingerprint density at radius 2 is 1.05 bits per heavy atom. The average molecular weight is 655 g/mol. The van der Waals surface area contributed by atoms with Gasteiger partial charge in [0.05, 0.1) is 5.82 Å². The number of aryl methyl sites for hydroxylation is 6. The molecule has 5 heteroatoms. The third-order valence-corrected chi connectivity index (χ3v) is 8.69. The summed E-state index contributed by atoms with van der Waals surface area (Å²) in [5, 5.41) is 3.43. The van der Waals surface area contributed by atoms with E-state index < -0.39 is 0 Å². The van der Waals surface area contributed by atoms with Crippen LogP contribution in [-0.4, -0.2) is 17.7 Å². The normalized spacial score (nSPS) is 13.2. The predicted molar refractivity (Wildman–Crippen MR) is 175 cm³/mol. The van der Waals surface area contributed by atoms with Crippen molar-refractivity contribution in [2.75, 3.05) is 22.9 Å². The smallest absolute Gasteiger partial charge is 0.0550 e. The zero-order chi connectivity index (χ0) is 29.7. The van der Waals surface area contributed by atoms with Gasteiger partial charge in [-0.15, -0.1) is 22.9 Å². The van der Waals surface area contributed by atoms with Gasteiger partial charge in [0, 0.05) is 24.5 Å². The van der Waals surface area contributed by atoms with Gasteiger partial charge in [0.1, 0.15) is 0 Å². The van der Waals surface area contributed by atoms with E-state index in [1.165, 1.54) is 44.8 Å². The molecule has 2 nitrogen and oxygen atoms in total. The van der Waals surface area contributed by atoms with Crippen LogP contribution in [-0.2, 0) is 15.7 Å². The number of hydrogen-bond acceptors (Lipinski definition) is 2. The number of rotatable bonds is 2. The maximum absolute atomic E-state index is 13.8. The second-order valence-electron chi connectivity index (χ2n) is 10.7. The minimum atomic E-state index is -0.101. The molecule has 6 rings (SSSR count). The van der Waals surface area contributed by atoms with Crippen molar-refractivity contribution in [1.29, 1.82) is 0 Å². The molecule has 1 heterocycles. The summed E-state index contributed by atoms with van der Waals surface area (Å²) in [6.07, 6.45) is 0. The van der Waals surface area contributed by atoms with Crippen molar-refractivity contribution in [3.63, 3.8) is 0 Å². The summed E-state index contributed by atoms with van der Waals surface area (Å²) < 4.78 is 15.8. The van der Waals surface area contributed by atoms with Gasteiger partial charge in [0.15, 0.2) is 0 Å². The van der Waals surface area contributed by atoms with E-state index in [9.17, 15) is 4.39 Å². The number of anilines is 2. The molecule has 0 N–H and O–H groups in total. The number of halogens is 2. The molecule has 0 aromatic heterocycles. The van der Waals surface area contributed by atoms with Gasteiger partial charge in [-0.1, -0.05) is 82.6 Å². The minimum absolute atomic E-state index is 0.0867. The average Bonchev–Trinajstić information content (AvgIpc) is 3.51. The molecule has 0 spiro atoms. The van der Waals surface area contributed by atoms with Crippen molar-refractivity contribution < 1.29 is 20.1 Å². The summed E-state index contributed by atoms with van der Waals surface area (Å²) in [7, 11) is 5.22. The van der Waals surface area contributed by atoms with E-state index in [2.05, 4.69) is 82.3 Å². The second-order valence-corrected chi connectivity index (χ2v) is 13.0. The van der Waals surface area contributed by atoms with Crippen LogP contribution in [0.4, 0.5) is 15.8 Å². The topological polar surface area (TPSA) is 6.48 Å². The van der Waals surface area contributed by atoms with Gasteiger partial charge in [-0.3, -0.25) is 4.39 Å². The Bertz CT molecular complexity index is 1520. The molecule has 0 unspecified atom stereocenters. The first-order chi connectivity index (χ1) is 19.7. The molecule has 1 saturated heterocycles. The van der Waals surface area contributed by atoms with E-state index in [0.29, 0.717) is 10.8 Å². The van der Waals surface area contributed by atoms with Gasteiger partial charge in [-0.25, -0.2) is 0 Å². The molecule has 0 amide bonds. The Morgan fingerprint density at radius 3 is 1.39 bits per heavy atom. The first kappa shape index (κ1) is 31.0. The predicted octanol–water partition coefficient (Wildman–Crippen LogP) is 9.88. The fraction of sp³-hybridized carbons (Fsp3) is 0.250. The van der Waals surface area contributed by atoms with Crippen molar-refractivity contribution in [2.24, 2.45) is 0 Å². The van der Waals surface area contributed by atoms with Crippen molar-refractivity contribution in [2.45, 2.75) is 48.5 Å². The first-order valence-corrected chi connectivity index (χ1v) is 17.2. The molecule has 0 aliphatic carbocycles. The number of fused-ring (bicyclic) bond motifs is 3. The molecule has 1 fully saturated rings. The van der Waals surface area contributed by atoms with Gasteiger partial charge in [0.2, 0.25) is 0 Å². The van der Waals surface area contributed by atoms with E-state index in [0.717, 1.165) is 23.9 Å². The van der Waals surface area contributed by atoms with E-state index in [1.54, 1.807) is 0 Å². The number of benzene rings is 4. The fourth-order valence-electron chi connectivity index (χ4n) is 6.05. The van der Waals surface area contributed by atoms with Gasteiger partial charge in [0.25, 0.3) is 0 Å². The molecule has 0 saturated carbocycles. The summed E-state index contributed by atoms with van der Waals surface area (Å²) in [6.45, 7) is 19.5. The van der Waals surface area contributed by atoms with Crippen molar-refractivity contribution >= 4 is 47.2 Å². The van der Waals surface area contributed by atoms with Crippen LogP contribution in [0.3, 0.4) is 0 Å². The van der Waals surface area contributed by atoms with E-state index in [1.807, 2.05) is 60.1 Å². The molecule has 0 radical (unpaired) electrons. The monoisotopic (exact) mass is 655 g/mol. The number of hydrogen-bond donors (Lipinski definition) is 0. The Hall–Kier alpha value is -2.94. The maximum atomic E-state index is 13.8. The van der Waals surface area contributed by atoms with Crippen molar-refractivity contribution in [1.82, 2.24) is 0 Å². The molecule has 5 aromatic rings. The van der Waals surface area contributed by atoms with Crippen LogP contribution in [0.25, 0.3) is 21.5 Å². The molecular weight excluding hydrogens is 616 g/mol. The summed E-state index contributed by atoms with van der Waals surface area (Å²) >= 11 is 0.0867. The SMILES string of the molecule is C[CH]=[Ru][Cl].Cc1cc(C)c(N2[CH-]N(c3c(C)cc(C)cc3C)CC2)c(C)c1.F[c-]1c2ccccc2c2ccccc21. The van der Waals surface area contributed by atoms with Gasteiger partial charge in [-0.2, -0.15) is 6.67 Å². The molecular formula is C36H39ClFN2Ru-2. The van der Waals surface area contributed by atoms with Crippen LogP contribution in [0.2, 0.25) is 0 Å². The van der Waals surface area contributed by atoms with E-state index >= 15 is 0 Å². The standard InChI is InChI=1S/C21H27N2.C13H8F.C2H4.ClH.Ru/c1-14-9-16(3)20(17(4)10-14)22-7-8-23(13-22)21-18(5)11-15(2)12-19(21)6;14-13-11-7-3-1-5-9(11)10-6-2-4-8-12(10)13;1-2;;/h9-13H,7-8H2,1-6H3;1-8H;1H,2H3;1H;/q2*-1;;;+1/p-1. The van der Waals surface area contributed by atoms with Crippen LogP contribution >= 0.6 is 9.69 Å². The van der Waals surface area contributed by atoms with Crippen LogP contribution in [0.1, 0.15) is 40.3 Å². The van der Waals surface area contributed by atoms with Crippen LogP contribution in [0, 0.1) is 54.0 Å². The molecule has 1 aliphatic heterocycles. The van der Waals surface area contributed by atoms with Gasteiger partial charge in [-0.05, 0) is 63.8 Å². The molecule has 1 aliphatic rings. The molecule has 5 aromatic carbocycles. The molecule has 217 valence electrons. The largest absolute Gasteiger partial charge is 0.502 e. The molecule has 0 bridgehead atoms. The van der Waals surface area contributed by atoms with Gasteiger partial charge >= 0.3 is 36.9 Å².